The van der Waals surface area contributed by atoms with Gasteiger partial charge < -0.3 is 10.6 Å². The van der Waals surface area contributed by atoms with E-state index >= 15 is 0 Å². The summed E-state index contributed by atoms with van der Waals surface area (Å²) in [5, 5.41) is 14.2. The third kappa shape index (κ3) is 3.88. The molecule has 27 heavy (non-hydrogen) atoms. The van der Waals surface area contributed by atoms with E-state index in [1.165, 1.54) is 18.3 Å². The van der Waals surface area contributed by atoms with Crippen LogP contribution in [0.3, 0.4) is 0 Å². The molecule has 0 bridgehead atoms. The van der Waals surface area contributed by atoms with Gasteiger partial charge in [0.15, 0.2) is 17.5 Å². The van der Waals surface area contributed by atoms with Gasteiger partial charge in [0.05, 0.1) is 28.8 Å². The predicted molar refractivity (Wildman–Crippen MR) is 92.9 cm³/mol. The van der Waals surface area contributed by atoms with Crippen molar-refractivity contribution >= 4 is 23.0 Å². The Morgan fingerprint density at radius 2 is 1.74 bits per heavy atom. The number of pyridine rings is 1. The number of hydrogen-bond donors (Lipinski definition) is 2. The highest BCUT2D eigenvalue weighted by Gasteiger charge is 2.14. The Balaban J connectivity index is 1.75. The van der Waals surface area contributed by atoms with Crippen LogP contribution in [0.25, 0.3) is 0 Å². The fourth-order valence-electron chi connectivity index (χ4n) is 2.26. The van der Waals surface area contributed by atoms with Crippen molar-refractivity contribution in [2.24, 2.45) is 0 Å². The molecule has 1 amide bonds. The highest BCUT2D eigenvalue weighted by molar-refractivity contribution is 6.03. The lowest BCUT2D eigenvalue weighted by Crippen LogP contribution is -2.14. The summed E-state index contributed by atoms with van der Waals surface area (Å²) in [4.78, 5) is 16.2. The highest BCUT2D eigenvalue weighted by atomic mass is 19.2. The number of nitriles is 1. The molecule has 0 aliphatic carbocycles. The van der Waals surface area contributed by atoms with Gasteiger partial charge in [-0.3, -0.25) is 4.79 Å². The molecule has 2 N–H and O–H groups in total. The quantitative estimate of drug-likeness (QED) is 0.671. The van der Waals surface area contributed by atoms with Gasteiger partial charge >= 0.3 is 0 Å². The molecule has 0 saturated carbocycles. The van der Waals surface area contributed by atoms with E-state index in [0.29, 0.717) is 11.3 Å². The summed E-state index contributed by atoms with van der Waals surface area (Å²) in [6.07, 6.45) is 1.24. The average molecular weight is 368 g/mol. The molecule has 0 fully saturated rings. The number of rotatable bonds is 4. The zero-order chi connectivity index (χ0) is 19.4. The second-order valence-electron chi connectivity index (χ2n) is 5.39. The molecule has 1 aromatic heterocycles. The van der Waals surface area contributed by atoms with E-state index in [1.807, 2.05) is 6.07 Å². The van der Waals surface area contributed by atoms with Crippen LogP contribution >= 0.6 is 0 Å². The van der Waals surface area contributed by atoms with Crippen molar-refractivity contribution in [2.45, 2.75) is 0 Å². The van der Waals surface area contributed by atoms with Crippen LogP contribution in [-0.4, -0.2) is 10.9 Å². The first-order valence-electron chi connectivity index (χ1n) is 7.66. The molecule has 0 spiro atoms. The topological polar surface area (TPSA) is 77.8 Å². The zero-order valence-corrected chi connectivity index (χ0v) is 13.6. The zero-order valence-electron chi connectivity index (χ0n) is 13.6. The van der Waals surface area contributed by atoms with Gasteiger partial charge in [-0.2, -0.15) is 5.26 Å². The van der Waals surface area contributed by atoms with Gasteiger partial charge in [0.25, 0.3) is 5.91 Å². The molecule has 0 saturated heterocycles. The van der Waals surface area contributed by atoms with E-state index < -0.39 is 23.4 Å². The fourth-order valence-corrected chi connectivity index (χ4v) is 2.26. The monoisotopic (exact) mass is 368 g/mol. The third-order valence-electron chi connectivity index (χ3n) is 3.61. The van der Waals surface area contributed by atoms with Crippen LogP contribution in [0, 0.1) is 28.8 Å². The van der Waals surface area contributed by atoms with Gasteiger partial charge in [0.1, 0.15) is 11.8 Å². The molecule has 3 aromatic rings. The second-order valence-corrected chi connectivity index (χ2v) is 5.39. The van der Waals surface area contributed by atoms with Crippen molar-refractivity contribution in [3.63, 3.8) is 0 Å². The van der Waals surface area contributed by atoms with Crippen molar-refractivity contribution in [3.8, 4) is 6.07 Å². The van der Waals surface area contributed by atoms with Gasteiger partial charge in [-0.1, -0.05) is 12.1 Å². The van der Waals surface area contributed by atoms with E-state index in [2.05, 4.69) is 15.6 Å². The first kappa shape index (κ1) is 17.9. The molecule has 2 aromatic carbocycles. The molecule has 3 rings (SSSR count). The van der Waals surface area contributed by atoms with E-state index in [9.17, 15) is 18.0 Å². The molecule has 0 aliphatic rings. The third-order valence-corrected chi connectivity index (χ3v) is 3.61. The molecule has 1 heterocycles. The Hall–Kier alpha value is -3.86. The number of benzene rings is 2. The number of para-hydroxylation sites is 1. The lowest BCUT2D eigenvalue weighted by atomic mass is 10.2. The van der Waals surface area contributed by atoms with Crippen LogP contribution in [0.1, 0.15) is 16.1 Å². The first-order chi connectivity index (χ1) is 13.0. The maximum atomic E-state index is 13.7. The number of carbonyl (C=O) groups is 1. The minimum Gasteiger partial charge on any atom is -0.352 e. The number of hydrogen-bond acceptors (Lipinski definition) is 4. The van der Waals surface area contributed by atoms with Crippen LogP contribution in [0.5, 0.6) is 0 Å². The van der Waals surface area contributed by atoms with Crippen LogP contribution in [0.4, 0.5) is 30.2 Å². The van der Waals surface area contributed by atoms with Crippen molar-refractivity contribution in [2.75, 3.05) is 10.6 Å². The normalized spacial score (nSPS) is 10.1. The molecule has 0 unspecified atom stereocenters. The van der Waals surface area contributed by atoms with Crippen molar-refractivity contribution in [1.82, 2.24) is 4.98 Å². The Morgan fingerprint density at radius 3 is 2.44 bits per heavy atom. The van der Waals surface area contributed by atoms with Gasteiger partial charge in [-0.05, 0) is 36.4 Å². The molecule has 0 aliphatic heterocycles. The fraction of sp³-hybridized carbons (Fsp3) is 0. The summed E-state index contributed by atoms with van der Waals surface area (Å²) in [6.45, 7) is 0. The molecule has 8 heteroatoms. The summed E-state index contributed by atoms with van der Waals surface area (Å²) >= 11 is 0. The van der Waals surface area contributed by atoms with Crippen molar-refractivity contribution < 1.29 is 18.0 Å². The Labute approximate surface area is 152 Å². The SMILES string of the molecule is N#Cc1ccccc1NC(=O)c1ccc(Nc2ccc(F)c(F)c2F)cn1. The van der Waals surface area contributed by atoms with E-state index in [1.54, 1.807) is 24.3 Å². The number of nitrogens with one attached hydrogen (secondary N) is 2. The largest absolute Gasteiger partial charge is 0.352 e. The Bertz CT molecular complexity index is 1050. The lowest BCUT2D eigenvalue weighted by Gasteiger charge is -2.09. The Kier molecular flexibility index (Phi) is 5.04. The predicted octanol–water partition coefficient (Wildman–Crippen LogP) is 4.37. The summed E-state index contributed by atoms with van der Waals surface area (Å²) in [5.74, 6) is -4.77. The van der Waals surface area contributed by atoms with Gasteiger partial charge in [-0.15, -0.1) is 0 Å². The lowest BCUT2D eigenvalue weighted by molar-refractivity contribution is 0.102. The maximum absolute atomic E-state index is 13.7. The van der Waals surface area contributed by atoms with Gasteiger partial charge in [0.2, 0.25) is 0 Å². The standard InChI is InChI=1S/C19H11F3N4O/c20-13-6-8-15(18(22)17(13)21)25-12-5-7-16(24-10-12)19(27)26-14-4-2-1-3-11(14)9-23/h1-8,10,25H,(H,26,27). The number of nitrogens with zero attached hydrogens (tertiary/aromatic N) is 2. The molecule has 0 atom stereocenters. The number of anilines is 3. The van der Waals surface area contributed by atoms with E-state index in [4.69, 9.17) is 5.26 Å². The van der Waals surface area contributed by atoms with Crippen LogP contribution < -0.4 is 10.6 Å². The van der Waals surface area contributed by atoms with Crippen LogP contribution in [-0.2, 0) is 0 Å². The van der Waals surface area contributed by atoms with E-state index in [0.717, 1.165) is 12.1 Å². The number of amides is 1. The first-order valence-corrected chi connectivity index (χ1v) is 7.66. The van der Waals surface area contributed by atoms with Gasteiger partial charge in [-0.25, -0.2) is 18.2 Å². The summed E-state index contributed by atoms with van der Waals surface area (Å²) in [7, 11) is 0. The molecular weight excluding hydrogens is 357 g/mol. The molecule has 5 nitrogen and oxygen atoms in total. The van der Waals surface area contributed by atoms with Crippen LogP contribution in [0.2, 0.25) is 0 Å². The number of carbonyl (C=O) groups excluding carboxylic acids is 1. The summed E-state index contributed by atoms with van der Waals surface area (Å²) < 4.78 is 39.9. The Morgan fingerprint density at radius 1 is 0.963 bits per heavy atom. The maximum Gasteiger partial charge on any atom is 0.274 e. The minimum atomic E-state index is -1.58. The minimum absolute atomic E-state index is 0.0547. The number of halogens is 3. The van der Waals surface area contributed by atoms with Crippen molar-refractivity contribution in [3.05, 3.63) is 83.4 Å². The number of aromatic nitrogens is 1. The summed E-state index contributed by atoms with van der Waals surface area (Å²) in [5.41, 5.74) is 0.708. The summed E-state index contributed by atoms with van der Waals surface area (Å²) in [6, 6.07) is 13.1. The second kappa shape index (κ2) is 7.58. The molecule has 0 radical (unpaired) electrons. The molecular formula is C19H11F3N4O. The van der Waals surface area contributed by atoms with Crippen LogP contribution in [0.15, 0.2) is 54.7 Å². The van der Waals surface area contributed by atoms with Gasteiger partial charge in [0, 0.05) is 0 Å². The average Bonchev–Trinajstić information content (AvgIpc) is 2.69. The highest BCUT2D eigenvalue weighted by Crippen LogP contribution is 2.23. The van der Waals surface area contributed by atoms with Crippen molar-refractivity contribution in [1.29, 1.82) is 5.26 Å². The molecule has 134 valence electrons. The van der Waals surface area contributed by atoms with E-state index in [-0.39, 0.29) is 17.1 Å². The smallest absolute Gasteiger partial charge is 0.274 e.